The maximum Gasteiger partial charge on any atom is 0.320 e. The smallest absolute Gasteiger partial charge is 0.320 e. The van der Waals surface area contributed by atoms with Crippen molar-refractivity contribution in [3.63, 3.8) is 0 Å². The number of halogens is 1. The van der Waals surface area contributed by atoms with Crippen LogP contribution in [0.25, 0.3) is 11.6 Å². The van der Waals surface area contributed by atoms with E-state index >= 15 is 0 Å². The van der Waals surface area contributed by atoms with E-state index in [-0.39, 0.29) is 17.3 Å². The van der Waals surface area contributed by atoms with Crippen LogP contribution in [0.1, 0.15) is 24.2 Å². The summed E-state index contributed by atoms with van der Waals surface area (Å²) in [4.78, 5) is 10.6. The third-order valence-electron chi connectivity index (χ3n) is 3.76. The second kappa shape index (κ2) is 6.63. The fourth-order valence-corrected chi connectivity index (χ4v) is 2.54. The molecule has 0 unspecified atom stereocenters. The maximum atomic E-state index is 11.2. The number of aryl methyl sites for hydroxylation is 4. The van der Waals surface area contributed by atoms with Gasteiger partial charge >= 0.3 is 5.69 Å². The molecule has 0 aliphatic heterocycles. The molecule has 0 amide bonds. The molecule has 11 heteroatoms. The lowest BCUT2D eigenvalue weighted by atomic mass is 10.3. The minimum absolute atomic E-state index is 0.0281. The third kappa shape index (κ3) is 3.25. The van der Waals surface area contributed by atoms with Gasteiger partial charge in [-0.25, -0.2) is 0 Å². The number of aromatic nitrogens is 6. The molecular formula is C14H16ClN7O3. The Morgan fingerprint density at radius 1 is 1.32 bits per heavy atom. The molecule has 0 fully saturated rings. The van der Waals surface area contributed by atoms with Crippen molar-refractivity contribution in [2.24, 2.45) is 0 Å². The highest BCUT2D eigenvalue weighted by Gasteiger charge is 2.25. The molecule has 0 spiro atoms. The summed E-state index contributed by atoms with van der Waals surface area (Å²) in [6, 6.07) is 0. The van der Waals surface area contributed by atoms with E-state index in [0.717, 1.165) is 11.4 Å². The Kier molecular flexibility index (Phi) is 4.53. The summed E-state index contributed by atoms with van der Waals surface area (Å²) in [6.07, 6.45) is 1.77. The maximum absolute atomic E-state index is 11.2. The van der Waals surface area contributed by atoms with Crippen LogP contribution in [-0.2, 0) is 19.5 Å². The Hall–Kier alpha value is -2.75. The first-order chi connectivity index (χ1) is 11.9. The van der Waals surface area contributed by atoms with Gasteiger partial charge in [-0.3, -0.25) is 19.5 Å². The van der Waals surface area contributed by atoms with Crippen molar-refractivity contribution in [3.05, 3.63) is 38.6 Å². The first-order valence-corrected chi connectivity index (χ1v) is 8.02. The molecule has 3 aromatic rings. The highest BCUT2D eigenvalue weighted by Crippen LogP contribution is 2.27. The zero-order valence-electron chi connectivity index (χ0n) is 13.9. The van der Waals surface area contributed by atoms with Crippen LogP contribution in [0.5, 0.6) is 0 Å². The highest BCUT2D eigenvalue weighted by molar-refractivity contribution is 6.31. The van der Waals surface area contributed by atoms with Gasteiger partial charge in [-0.05, 0) is 20.8 Å². The van der Waals surface area contributed by atoms with Gasteiger partial charge in [0.05, 0.1) is 21.3 Å². The van der Waals surface area contributed by atoms with E-state index in [1.54, 1.807) is 4.68 Å². The van der Waals surface area contributed by atoms with Crippen molar-refractivity contribution in [2.75, 3.05) is 0 Å². The topological polar surface area (TPSA) is 118 Å². The minimum Gasteiger partial charge on any atom is -0.419 e. The molecule has 3 rings (SSSR count). The largest absolute Gasteiger partial charge is 0.419 e. The van der Waals surface area contributed by atoms with E-state index in [1.165, 1.54) is 10.9 Å². The number of nitrogens with zero attached hydrogens (tertiary/aromatic N) is 7. The standard InChI is InChI=1S/C14H16ClN7O3/c1-4-20-7-10(22(23)24)13(19-20)14-17-16-11(25-14)5-6-21-9(3)12(15)8(2)18-21/h7H,4-6H2,1-3H3. The van der Waals surface area contributed by atoms with Crippen LogP contribution in [0.2, 0.25) is 5.02 Å². The van der Waals surface area contributed by atoms with Gasteiger partial charge in [-0.2, -0.15) is 10.2 Å². The monoisotopic (exact) mass is 365 g/mol. The van der Waals surface area contributed by atoms with Gasteiger partial charge in [-0.15, -0.1) is 10.2 Å². The number of hydrogen-bond donors (Lipinski definition) is 0. The summed E-state index contributed by atoms with van der Waals surface area (Å²) in [7, 11) is 0. The van der Waals surface area contributed by atoms with Gasteiger partial charge in [0, 0.05) is 19.5 Å². The fourth-order valence-electron chi connectivity index (χ4n) is 2.40. The molecule has 0 bridgehead atoms. The molecule has 3 heterocycles. The van der Waals surface area contributed by atoms with Gasteiger partial charge in [0.2, 0.25) is 11.6 Å². The summed E-state index contributed by atoms with van der Waals surface area (Å²) in [5, 5.41) is 28.1. The molecule has 0 aliphatic carbocycles. The van der Waals surface area contributed by atoms with E-state index in [0.29, 0.717) is 30.4 Å². The Morgan fingerprint density at radius 2 is 2.08 bits per heavy atom. The lowest BCUT2D eigenvalue weighted by Gasteiger charge is -2.01. The molecule has 132 valence electrons. The molecular weight excluding hydrogens is 350 g/mol. The molecule has 0 saturated heterocycles. The molecule has 0 aromatic carbocycles. The summed E-state index contributed by atoms with van der Waals surface area (Å²) >= 11 is 6.12. The third-order valence-corrected chi connectivity index (χ3v) is 4.31. The second-order valence-electron chi connectivity index (χ2n) is 5.43. The van der Waals surface area contributed by atoms with Crippen LogP contribution in [0.3, 0.4) is 0 Å². The Morgan fingerprint density at radius 3 is 2.68 bits per heavy atom. The first kappa shape index (κ1) is 17.1. The molecule has 0 atom stereocenters. The molecule has 25 heavy (non-hydrogen) atoms. The van der Waals surface area contributed by atoms with Crippen LogP contribution in [0, 0.1) is 24.0 Å². The SMILES string of the molecule is CCn1cc([N+](=O)[O-])c(-c2nnc(CCn3nc(C)c(Cl)c3C)o2)n1. The summed E-state index contributed by atoms with van der Waals surface area (Å²) < 4.78 is 8.75. The zero-order chi connectivity index (χ0) is 18.1. The lowest BCUT2D eigenvalue weighted by Crippen LogP contribution is -2.05. The van der Waals surface area contributed by atoms with Gasteiger partial charge in [0.15, 0.2) is 0 Å². The lowest BCUT2D eigenvalue weighted by molar-refractivity contribution is -0.384. The number of hydrogen-bond acceptors (Lipinski definition) is 7. The van der Waals surface area contributed by atoms with E-state index in [1.807, 2.05) is 20.8 Å². The minimum atomic E-state index is -0.518. The van der Waals surface area contributed by atoms with Crippen molar-refractivity contribution in [3.8, 4) is 11.6 Å². The molecule has 0 radical (unpaired) electrons. The highest BCUT2D eigenvalue weighted by atomic mass is 35.5. The van der Waals surface area contributed by atoms with E-state index in [2.05, 4.69) is 20.4 Å². The van der Waals surface area contributed by atoms with Crippen molar-refractivity contribution in [2.45, 2.75) is 40.3 Å². The Balaban J connectivity index is 1.80. The second-order valence-corrected chi connectivity index (χ2v) is 5.81. The zero-order valence-corrected chi connectivity index (χ0v) is 14.7. The van der Waals surface area contributed by atoms with Crippen molar-refractivity contribution in [1.29, 1.82) is 0 Å². The van der Waals surface area contributed by atoms with Gasteiger partial charge < -0.3 is 4.42 Å². The van der Waals surface area contributed by atoms with E-state index in [9.17, 15) is 10.1 Å². The predicted octanol–water partition coefficient (Wildman–Crippen LogP) is 2.57. The van der Waals surface area contributed by atoms with Gasteiger partial charge in [0.25, 0.3) is 5.89 Å². The van der Waals surface area contributed by atoms with Crippen LogP contribution in [0.4, 0.5) is 5.69 Å². The van der Waals surface area contributed by atoms with Crippen LogP contribution in [-0.4, -0.2) is 34.7 Å². The van der Waals surface area contributed by atoms with Crippen LogP contribution in [0.15, 0.2) is 10.6 Å². The Bertz CT molecular complexity index is 927. The quantitative estimate of drug-likeness (QED) is 0.486. The Labute approximate surface area is 147 Å². The van der Waals surface area contributed by atoms with Crippen molar-refractivity contribution in [1.82, 2.24) is 29.8 Å². The predicted molar refractivity (Wildman–Crippen MR) is 88.3 cm³/mol. The number of nitro groups is 1. The van der Waals surface area contributed by atoms with E-state index < -0.39 is 4.92 Å². The van der Waals surface area contributed by atoms with E-state index in [4.69, 9.17) is 16.0 Å². The summed E-state index contributed by atoms with van der Waals surface area (Å²) in [5.41, 5.74) is 1.52. The average molecular weight is 366 g/mol. The average Bonchev–Trinajstić information content (AvgIpc) is 3.27. The molecule has 3 aromatic heterocycles. The van der Waals surface area contributed by atoms with Crippen molar-refractivity contribution < 1.29 is 9.34 Å². The molecule has 0 N–H and O–H groups in total. The number of rotatable bonds is 6. The fraction of sp³-hybridized carbons (Fsp3) is 0.429. The normalized spacial score (nSPS) is 11.2. The first-order valence-electron chi connectivity index (χ1n) is 7.64. The van der Waals surface area contributed by atoms with Crippen LogP contribution >= 0.6 is 11.6 Å². The van der Waals surface area contributed by atoms with Crippen LogP contribution < -0.4 is 0 Å². The van der Waals surface area contributed by atoms with Crippen molar-refractivity contribution >= 4 is 17.3 Å². The molecule has 10 nitrogen and oxygen atoms in total. The molecule has 0 aliphatic rings. The van der Waals surface area contributed by atoms with Gasteiger partial charge in [-0.1, -0.05) is 11.6 Å². The summed E-state index contributed by atoms with van der Waals surface area (Å²) in [6.45, 7) is 6.55. The molecule has 0 saturated carbocycles. The van der Waals surface area contributed by atoms with Gasteiger partial charge in [0.1, 0.15) is 6.20 Å². The summed E-state index contributed by atoms with van der Waals surface area (Å²) in [5.74, 6) is 0.374.